The van der Waals surface area contributed by atoms with Crippen LogP contribution in [-0.4, -0.2) is 91.4 Å². The summed E-state index contributed by atoms with van der Waals surface area (Å²) in [5.74, 6) is -4.57. The summed E-state index contributed by atoms with van der Waals surface area (Å²) in [5, 5.41) is 14.2. The van der Waals surface area contributed by atoms with Crippen LogP contribution in [0, 0.1) is 11.8 Å². The Labute approximate surface area is 202 Å². The van der Waals surface area contributed by atoms with Crippen LogP contribution in [0.25, 0.3) is 0 Å². The van der Waals surface area contributed by atoms with Crippen LogP contribution in [0.3, 0.4) is 0 Å². The molecule has 0 bridgehead atoms. The number of piperidine rings is 1. The van der Waals surface area contributed by atoms with Crippen molar-refractivity contribution in [3.63, 3.8) is 0 Å². The van der Waals surface area contributed by atoms with E-state index in [0.29, 0.717) is 18.4 Å². The number of aromatic nitrogens is 1. The molecule has 3 atom stereocenters. The molecule has 0 radical (unpaired) electrons. The molecule has 3 N–H and O–H groups in total. The number of sulfonamides is 1. The van der Waals surface area contributed by atoms with Crippen molar-refractivity contribution in [1.29, 1.82) is 0 Å². The summed E-state index contributed by atoms with van der Waals surface area (Å²) in [6, 6.07) is 5.97. The number of fused-ring (bicyclic) bond motifs is 1. The second-order valence-electron chi connectivity index (χ2n) is 7.87. The number of likely N-dealkylation sites (tertiary alicyclic amines) is 1. The number of ether oxygens (including phenoxy) is 1. The SMILES string of the molecule is CS(=O)(=O)NC[C@H]1OC[C@@H]2CCN(Cc3ccccn3)C[C@@H]21.O=C(O)C(F)(F)F.O=C(O)C(F)(F)F. The summed E-state index contributed by atoms with van der Waals surface area (Å²) in [6.07, 6.45) is -6.08. The van der Waals surface area contributed by atoms with Crippen LogP contribution < -0.4 is 4.72 Å². The third-order valence-corrected chi connectivity index (χ3v) is 5.73. The lowest BCUT2D eigenvalue weighted by Gasteiger charge is -2.35. The molecule has 36 heavy (non-hydrogen) atoms. The van der Waals surface area contributed by atoms with E-state index in [4.69, 9.17) is 24.5 Å². The summed E-state index contributed by atoms with van der Waals surface area (Å²) in [4.78, 5) is 24.6. The van der Waals surface area contributed by atoms with Gasteiger partial charge in [0.15, 0.2) is 0 Å². The van der Waals surface area contributed by atoms with Gasteiger partial charge in [-0.25, -0.2) is 22.7 Å². The highest BCUT2D eigenvalue weighted by molar-refractivity contribution is 7.88. The van der Waals surface area contributed by atoms with Crippen molar-refractivity contribution in [2.24, 2.45) is 11.8 Å². The highest BCUT2D eigenvalue weighted by Crippen LogP contribution is 2.34. The van der Waals surface area contributed by atoms with Crippen LogP contribution in [-0.2, 0) is 30.9 Å². The minimum atomic E-state index is -5.08. The second kappa shape index (κ2) is 13.2. The maximum atomic E-state index is 11.3. The van der Waals surface area contributed by atoms with Gasteiger partial charge < -0.3 is 14.9 Å². The van der Waals surface area contributed by atoms with Gasteiger partial charge in [0.2, 0.25) is 10.0 Å². The fourth-order valence-corrected chi connectivity index (χ4v) is 3.88. The van der Waals surface area contributed by atoms with Gasteiger partial charge in [-0.3, -0.25) is 9.88 Å². The Morgan fingerprint density at radius 3 is 2.14 bits per heavy atom. The minimum Gasteiger partial charge on any atom is -0.475 e. The lowest BCUT2D eigenvalue weighted by atomic mass is 9.84. The molecule has 0 saturated carbocycles. The minimum absolute atomic E-state index is 0.0220. The number of rotatable bonds is 5. The van der Waals surface area contributed by atoms with Gasteiger partial charge in [0.1, 0.15) is 0 Å². The molecule has 0 amide bonds. The van der Waals surface area contributed by atoms with Crippen LogP contribution in [0.4, 0.5) is 26.3 Å². The molecule has 3 rings (SSSR count). The number of nitrogens with zero attached hydrogens (tertiary/aromatic N) is 2. The second-order valence-corrected chi connectivity index (χ2v) is 9.70. The Kier molecular flexibility index (Phi) is 11.5. The van der Waals surface area contributed by atoms with Gasteiger partial charge in [0.05, 0.1) is 24.7 Å². The first-order valence-corrected chi connectivity index (χ1v) is 12.1. The molecule has 10 nitrogen and oxygen atoms in total. The van der Waals surface area contributed by atoms with E-state index >= 15 is 0 Å². The third kappa shape index (κ3) is 12.0. The molecule has 0 unspecified atom stereocenters. The topological polar surface area (TPSA) is 146 Å². The quantitative estimate of drug-likeness (QED) is 0.464. The number of halogens is 6. The molecule has 17 heteroatoms. The molecular weight excluding hydrogens is 528 g/mol. The van der Waals surface area contributed by atoms with E-state index < -0.39 is 34.3 Å². The van der Waals surface area contributed by atoms with Crippen LogP contribution >= 0.6 is 0 Å². The number of carboxylic acids is 2. The molecule has 1 aromatic rings. The van der Waals surface area contributed by atoms with E-state index in [0.717, 1.165) is 38.4 Å². The summed E-state index contributed by atoms with van der Waals surface area (Å²) in [5.41, 5.74) is 1.07. The fourth-order valence-electron chi connectivity index (χ4n) is 3.41. The van der Waals surface area contributed by atoms with Crippen molar-refractivity contribution in [3.05, 3.63) is 30.1 Å². The van der Waals surface area contributed by atoms with Gasteiger partial charge in [-0.2, -0.15) is 26.3 Å². The summed E-state index contributed by atoms with van der Waals surface area (Å²) in [7, 11) is -3.17. The van der Waals surface area contributed by atoms with E-state index in [-0.39, 0.29) is 6.10 Å². The number of carbonyl (C=O) groups is 2. The average molecular weight is 553 g/mol. The molecule has 1 aromatic heterocycles. The largest absolute Gasteiger partial charge is 0.490 e. The van der Waals surface area contributed by atoms with E-state index in [1.807, 2.05) is 24.4 Å². The Hall–Kier alpha value is -2.50. The first-order chi connectivity index (χ1) is 16.4. The number of aliphatic carboxylic acids is 2. The molecule has 2 fully saturated rings. The molecule has 2 saturated heterocycles. The van der Waals surface area contributed by atoms with Crippen molar-refractivity contribution in [2.45, 2.75) is 31.4 Å². The first kappa shape index (κ1) is 31.5. The predicted octanol–water partition coefficient (Wildman–Crippen LogP) is 1.73. The van der Waals surface area contributed by atoms with Gasteiger partial charge in [-0.05, 0) is 31.0 Å². The number of alkyl halides is 6. The molecular formula is C19H25F6N3O7S. The van der Waals surface area contributed by atoms with Crippen molar-refractivity contribution in [3.8, 4) is 0 Å². The highest BCUT2D eigenvalue weighted by atomic mass is 32.2. The lowest BCUT2D eigenvalue weighted by Crippen LogP contribution is -2.45. The summed E-state index contributed by atoms with van der Waals surface area (Å²) < 4.78 is 94.4. The zero-order chi connectivity index (χ0) is 27.7. The first-order valence-electron chi connectivity index (χ1n) is 10.2. The van der Waals surface area contributed by atoms with E-state index in [1.165, 1.54) is 6.26 Å². The van der Waals surface area contributed by atoms with Gasteiger partial charge in [0, 0.05) is 31.7 Å². The van der Waals surface area contributed by atoms with Crippen molar-refractivity contribution < 1.29 is 59.3 Å². The Morgan fingerprint density at radius 1 is 1.14 bits per heavy atom. The molecule has 206 valence electrons. The van der Waals surface area contributed by atoms with Gasteiger partial charge >= 0.3 is 24.3 Å². The van der Waals surface area contributed by atoms with Crippen LogP contribution in [0.2, 0.25) is 0 Å². The highest BCUT2D eigenvalue weighted by Gasteiger charge is 2.41. The molecule has 2 aliphatic rings. The number of nitrogens with one attached hydrogen (secondary N) is 1. The third-order valence-electron chi connectivity index (χ3n) is 5.04. The lowest BCUT2D eigenvalue weighted by molar-refractivity contribution is -0.193. The maximum absolute atomic E-state index is 11.3. The number of hydrogen-bond acceptors (Lipinski definition) is 7. The van der Waals surface area contributed by atoms with Gasteiger partial charge in [-0.15, -0.1) is 0 Å². The number of carboxylic acid groups (broad SMARTS) is 2. The average Bonchev–Trinajstić information content (AvgIpc) is 3.14. The van der Waals surface area contributed by atoms with Crippen molar-refractivity contribution >= 4 is 22.0 Å². The van der Waals surface area contributed by atoms with E-state index in [1.54, 1.807) is 0 Å². The summed E-state index contributed by atoms with van der Waals surface area (Å²) in [6.45, 7) is 3.95. The monoisotopic (exact) mass is 553 g/mol. The zero-order valence-electron chi connectivity index (χ0n) is 18.8. The fraction of sp³-hybridized carbons (Fsp3) is 0.632. The van der Waals surface area contributed by atoms with E-state index in [2.05, 4.69) is 14.6 Å². The standard InChI is InChI=1S/C15H23N3O3S.2C2HF3O2/c1-22(19,20)17-8-15-14-10-18(7-5-12(14)11-21-15)9-13-4-2-3-6-16-13;2*3-2(4,5)1(6)7/h2-4,6,12,14-15,17H,5,7-11H2,1H3;2*(H,6,7)/t12-,14-,15+;;/m0../s1. The normalized spacial score (nSPS) is 22.4. The molecule has 0 spiro atoms. The molecule has 0 aliphatic carbocycles. The van der Waals surface area contributed by atoms with Crippen molar-refractivity contribution in [1.82, 2.24) is 14.6 Å². The van der Waals surface area contributed by atoms with Crippen LogP contribution in [0.5, 0.6) is 0 Å². The summed E-state index contributed by atoms with van der Waals surface area (Å²) >= 11 is 0. The molecule has 3 heterocycles. The van der Waals surface area contributed by atoms with Crippen molar-refractivity contribution in [2.75, 3.05) is 32.5 Å². The Balaban J connectivity index is 0.000000383. The Bertz CT molecular complexity index is 937. The Morgan fingerprint density at radius 2 is 1.69 bits per heavy atom. The van der Waals surface area contributed by atoms with E-state index in [9.17, 15) is 34.8 Å². The van der Waals surface area contributed by atoms with Crippen LogP contribution in [0.15, 0.2) is 24.4 Å². The zero-order valence-corrected chi connectivity index (χ0v) is 19.6. The smallest absolute Gasteiger partial charge is 0.475 e. The van der Waals surface area contributed by atoms with Crippen LogP contribution in [0.1, 0.15) is 12.1 Å². The molecule has 2 aliphatic heterocycles. The molecule has 0 aromatic carbocycles. The number of hydrogen-bond donors (Lipinski definition) is 3. The number of pyridine rings is 1. The van der Waals surface area contributed by atoms with Gasteiger partial charge in [-0.1, -0.05) is 6.07 Å². The maximum Gasteiger partial charge on any atom is 0.490 e. The van der Waals surface area contributed by atoms with Gasteiger partial charge in [0.25, 0.3) is 0 Å². The predicted molar refractivity (Wildman–Crippen MR) is 111 cm³/mol.